The summed E-state index contributed by atoms with van der Waals surface area (Å²) < 4.78 is 5.30. The lowest BCUT2D eigenvalue weighted by Crippen LogP contribution is -2.23. The van der Waals surface area contributed by atoms with Crippen LogP contribution < -0.4 is 0 Å². The number of methoxy groups -OCH3 is 1. The molecule has 0 aromatic heterocycles. The highest BCUT2D eigenvalue weighted by atomic mass is 16.5. The average Bonchev–Trinajstić information content (AvgIpc) is 2.04. The van der Waals surface area contributed by atoms with Gasteiger partial charge in [0.15, 0.2) is 0 Å². The molecule has 0 bridgehead atoms. The first-order valence-corrected chi connectivity index (χ1v) is 5.12. The van der Waals surface area contributed by atoms with Crippen LogP contribution in [0.1, 0.15) is 47.0 Å². The summed E-state index contributed by atoms with van der Waals surface area (Å²) >= 11 is 0. The van der Waals surface area contributed by atoms with Crippen molar-refractivity contribution in [3.8, 4) is 0 Å². The van der Waals surface area contributed by atoms with E-state index < -0.39 is 0 Å². The molecule has 0 saturated carbocycles. The van der Waals surface area contributed by atoms with Gasteiger partial charge >= 0.3 is 0 Å². The quantitative estimate of drug-likeness (QED) is 0.694. The zero-order chi connectivity index (χ0) is 10.5. The van der Waals surface area contributed by atoms with Crippen molar-refractivity contribution >= 4 is 0 Å². The first kappa shape index (κ1) is 12.9. The van der Waals surface area contributed by atoms with E-state index in [2.05, 4.69) is 13.8 Å². The van der Waals surface area contributed by atoms with Crippen molar-refractivity contribution in [2.75, 3.05) is 7.11 Å². The van der Waals surface area contributed by atoms with Gasteiger partial charge < -0.3 is 9.84 Å². The van der Waals surface area contributed by atoms with Crippen LogP contribution in [0.2, 0.25) is 0 Å². The molecule has 1 N–H and O–H groups in total. The van der Waals surface area contributed by atoms with Crippen molar-refractivity contribution in [2.45, 2.75) is 58.7 Å². The topological polar surface area (TPSA) is 29.5 Å². The molecule has 0 spiro atoms. The van der Waals surface area contributed by atoms with Crippen LogP contribution in [-0.4, -0.2) is 23.9 Å². The molecule has 0 radical (unpaired) electrons. The third-order valence-electron chi connectivity index (χ3n) is 2.60. The standard InChI is InChI=1S/C11H24O2/c1-9(2)10(12)7-6-8-11(3,4)13-5/h9-10,12H,6-8H2,1-5H3. The Labute approximate surface area is 82.3 Å². The molecule has 2 nitrogen and oxygen atoms in total. The molecule has 1 unspecified atom stereocenters. The first-order valence-electron chi connectivity index (χ1n) is 5.12. The zero-order valence-electron chi connectivity index (χ0n) is 9.63. The third-order valence-corrected chi connectivity index (χ3v) is 2.60. The van der Waals surface area contributed by atoms with Gasteiger partial charge in [-0.1, -0.05) is 13.8 Å². The maximum absolute atomic E-state index is 9.56. The number of rotatable bonds is 6. The van der Waals surface area contributed by atoms with Crippen LogP contribution in [0.15, 0.2) is 0 Å². The monoisotopic (exact) mass is 188 g/mol. The van der Waals surface area contributed by atoms with Crippen LogP contribution in [0.25, 0.3) is 0 Å². The van der Waals surface area contributed by atoms with E-state index in [0.29, 0.717) is 5.92 Å². The second kappa shape index (κ2) is 5.61. The number of aliphatic hydroxyl groups excluding tert-OH is 1. The van der Waals surface area contributed by atoms with Gasteiger partial charge in [-0.3, -0.25) is 0 Å². The minimum atomic E-state index is -0.160. The van der Waals surface area contributed by atoms with Crippen molar-refractivity contribution in [1.29, 1.82) is 0 Å². The van der Waals surface area contributed by atoms with Crippen LogP contribution in [0, 0.1) is 5.92 Å². The summed E-state index contributed by atoms with van der Waals surface area (Å²) in [4.78, 5) is 0. The summed E-state index contributed by atoms with van der Waals surface area (Å²) in [6.45, 7) is 8.25. The van der Waals surface area contributed by atoms with Crippen molar-refractivity contribution in [3.63, 3.8) is 0 Å². The summed E-state index contributed by atoms with van der Waals surface area (Å²) in [7, 11) is 1.73. The maximum Gasteiger partial charge on any atom is 0.0622 e. The van der Waals surface area contributed by atoms with E-state index in [-0.39, 0.29) is 11.7 Å². The predicted octanol–water partition coefficient (Wildman–Crippen LogP) is 2.60. The molecule has 0 aliphatic rings. The van der Waals surface area contributed by atoms with Crippen LogP contribution in [-0.2, 0) is 4.74 Å². The van der Waals surface area contributed by atoms with Gasteiger partial charge in [0.1, 0.15) is 0 Å². The van der Waals surface area contributed by atoms with Crippen molar-refractivity contribution in [3.05, 3.63) is 0 Å². The fourth-order valence-corrected chi connectivity index (χ4v) is 1.17. The summed E-state index contributed by atoms with van der Waals surface area (Å²) in [6.07, 6.45) is 2.76. The molecule has 0 aliphatic carbocycles. The van der Waals surface area contributed by atoms with Crippen molar-refractivity contribution < 1.29 is 9.84 Å². The smallest absolute Gasteiger partial charge is 0.0622 e. The van der Waals surface area contributed by atoms with Gasteiger partial charge in [0, 0.05) is 7.11 Å². The third kappa shape index (κ3) is 6.05. The van der Waals surface area contributed by atoms with E-state index >= 15 is 0 Å². The Balaban J connectivity index is 3.56. The highest BCUT2D eigenvalue weighted by Crippen LogP contribution is 2.18. The van der Waals surface area contributed by atoms with E-state index in [9.17, 15) is 5.11 Å². The molecule has 0 saturated heterocycles. The molecule has 2 heteroatoms. The fraction of sp³-hybridized carbons (Fsp3) is 1.00. The normalized spacial score (nSPS) is 15.0. The van der Waals surface area contributed by atoms with E-state index in [1.165, 1.54) is 0 Å². The summed E-state index contributed by atoms with van der Waals surface area (Å²) in [5.74, 6) is 0.366. The minimum absolute atomic E-state index is 0.0449. The fourth-order valence-electron chi connectivity index (χ4n) is 1.17. The lowest BCUT2D eigenvalue weighted by Gasteiger charge is -2.23. The second-order valence-electron chi connectivity index (χ2n) is 4.67. The Morgan fingerprint density at radius 1 is 1.31 bits per heavy atom. The molecule has 0 heterocycles. The van der Waals surface area contributed by atoms with E-state index in [1.807, 2.05) is 13.8 Å². The Kier molecular flexibility index (Phi) is 5.57. The first-order chi connectivity index (χ1) is 5.89. The molecule has 0 fully saturated rings. The van der Waals surface area contributed by atoms with Crippen molar-refractivity contribution in [1.82, 2.24) is 0 Å². The van der Waals surface area contributed by atoms with E-state index in [4.69, 9.17) is 4.74 Å². The molecule has 1 atom stereocenters. The van der Waals surface area contributed by atoms with Gasteiger partial charge in [0.25, 0.3) is 0 Å². The molecular formula is C11H24O2. The van der Waals surface area contributed by atoms with Gasteiger partial charge in [0.05, 0.1) is 11.7 Å². The lowest BCUT2D eigenvalue weighted by molar-refractivity contribution is 0.00904. The van der Waals surface area contributed by atoms with Gasteiger partial charge in [0.2, 0.25) is 0 Å². The number of ether oxygens (including phenoxy) is 1. The van der Waals surface area contributed by atoms with Gasteiger partial charge in [-0.15, -0.1) is 0 Å². The molecule has 13 heavy (non-hydrogen) atoms. The zero-order valence-corrected chi connectivity index (χ0v) is 9.63. The largest absolute Gasteiger partial charge is 0.393 e. The van der Waals surface area contributed by atoms with Gasteiger partial charge in [-0.2, -0.15) is 0 Å². The van der Waals surface area contributed by atoms with Crippen LogP contribution in [0.5, 0.6) is 0 Å². The molecule has 0 aliphatic heterocycles. The Hall–Kier alpha value is -0.0800. The molecule has 0 amide bonds. The minimum Gasteiger partial charge on any atom is -0.393 e. The Morgan fingerprint density at radius 2 is 1.85 bits per heavy atom. The average molecular weight is 188 g/mol. The second-order valence-corrected chi connectivity index (χ2v) is 4.67. The molecular weight excluding hydrogens is 164 g/mol. The van der Waals surface area contributed by atoms with Crippen LogP contribution in [0.4, 0.5) is 0 Å². The Morgan fingerprint density at radius 3 is 2.23 bits per heavy atom. The van der Waals surface area contributed by atoms with E-state index in [1.54, 1.807) is 7.11 Å². The molecule has 0 rings (SSSR count). The Bertz CT molecular complexity index is 130. The van der Waals surface area contributed by atoms with E-state index in [0.717, 1.165) is 19.3 Å². The number of aliphatic hydroxyl groups is 1. The van der Waals surface area contributed by atoms with Crippen LogP contribution >= 0.6 is 0 Å². The number of hydrogen-bond acceptors (Lipinski definition) is 2. The molecule has 0 aromatic rings. The summed E-state index contributed by atoms with van der Waals surface area (Å²) in [6, 6.07) is 0. The molecule has 80 valence electrons. The lowest BCUT2D eigenvalue weighted by atomic mass is 9.96. The summed E-state index contributed by atoms with van der Waals surface area (Å²) in [5, 5.41) is 9.56. The van der Waals surface area contributed by atoms with Gasteiger partial charge in [-0.25, -0.2) is 0 Å². The van der Waals surface area contributed by atoms with Crippen LogP contribution in [0.3, 0.4) is 0 Å². The highest BCUT2D eigenvalue weighted by Gasteiger charge is 2.17. The van der Waals surface area contributed by atoms with Gasteiger partial charge in [-0.05, 0) is 39.0 Å². The predicted molar refractivity (Wildman–Crippen MR) is 55.8 cm³/mol. The highest BCUT2D eigenvalue weighted by molar-refractivity contribution is 4.69. The maximum atomic E-state index is 9.56. The number of hydrogen-bond donors (Lipinski definition) is 1. The SMILES string of the molecule is COC(C)(C)CCCC(O)C(C)C. The molecule has 0 aromatic carbocycles. The summed E-state index contributed by atoms with van der Waals surface area (Å²) in [5.41, 5.74) is -0.0449. The van der Waals surface area contributed by atoms with Crippen molar-refractivity contribution in [2.24, 2.45) is 5.92 Å².